The fraction of sp³-hybridized carbons (Fsp3) is 0.467. The number of nitrogens with zero attached hydrogens (tertiary/aromatic N) is 1. The van der Waals surface area contributed by atoms with E-state index in [0.29, 0.717) is 18.4 Å². The van der Waals surface area contributed by atoms with Crippen LogP contribution >= 0.6 is 0 Å². The van der Waals surface area contributed by atoms with Gasteiger partial charge in [0.25, 0.3) is 0 Å². The maximum atomic E-state index is 13.6. The first-order valence-corrected chi connectivity index (χ1v) is 6.90. The Morgan fingerprint density at radius 3 is 2.57 bits per heavy atom. The highest BCUT2D eigenvalue weighted by Gasteiger charge is 2.40. The second kappa shape index (κ2) is 6.11. The molecule has 0 unspecified atom stereocenters. The highest BCUT2D eigenvalue weighted by Crippen LogP contribution is 2.35. The molecule has 1 aromatic carbocycles. The molecule has 1 aliphatic rings. The minimum absolute atomic E-state index is 0.0771. The molecular weight excluding hydrogens is 275 g/mol. The number of carbonyl (C=O) groups excluding carboxylic acids is 1. The lowest BCUT2D eigenvalue weighted by atomic mass is 9.74. The van der Waals surface area contributed by atoms with Crippen molar-refractivity contribution in [2.75, 3.05) is 7.05 Å². The number of rotatable bonds is 5. The first-order chi connectivity index (χ1) is 9.92. The van der Waals surface area contributed by atoms with E-state index in [9.17, 15) is 14.0 Å². The molecule has 114 valence electrons. The van der Waals surface area contributed by atoms with E-state index < -0.39 is 11.5 Å². The number of carbonyl (C=O) groups is 2. The van der Waals surface area contributed by atoms with Gasteiger partial charge in [-0.2, -0.15) is 0 Å². The zero-order chi connectivity index (χ0) is 15.5. The molecule has 2 amide bonds. The van der Waals surface area contributed by atoms with Gasteiger partial charge in [-0.15, -0.1) is 0 Å². The second-order valence-electron chi connectivity index (χ2n) is 5.58. The normalized spacial score (nSPS) is 15.9. The minimum atomic E-state index is -0.924. The lowest BCUT2D eigenvalue weighted by molar-refractivity contribution is -0.139. The molecule has 0 aliphatic heterocycles. The van der Waals surface area contributed by atoms with Crippen LogP contribution in [0.5, 0.6) is 0 Å². The van der Waals surface area contributed by atoms with Gasteiger partial charge >= 0.3 is 12.0 Å². The molecule has 0 radical (unpaired) electrons. The molecule has 0 heterocycles. The molecular formula is C15H19FN2O3. The monoisotopic (exact) mass is 294 g/mol. The third-order valence-corrected chi connectivity index (χ3v) is 3.88. The minimum Gasteiger partial charge on any atom is -0.481 e. The van der Waals surface area contributed by atoms with Crippen molar-refractivity contribution in [1.82, 2.24) is 10.2 Å². The van der Waals surface area contributed by atoms with Gasteiger partial charge in [0.2, 0.25) is 0 Å². The summed E-state index contributed by atoms with van der Waals surface area (Å²) in [6, 6.07) is 5.89. The summed E-state index contributed by atoms with van der Waals surface area (Å²) in [5, 5.41) is 11.7. The number of aliphatic carboxylic acids is 1. The van der Waals surface area contributed by atoms with Crippen molar-refractivity contribution < 1.29 is 19.1 Å². The molecule has 21 heavy (non-hydrogen) atoms. The Bertz CT molecular complexity index is 543. The van der Waals surface area contributed by atoms with Crippen LogP contribution in [0, 0.1) is 5.82 Å². The largest absolute Gasteiger partial charge is 0.481 e. The summed E-state index contributed by atoms with van der Waals surface area (Å²) in [6.45, 7) is 0.141. The first-order valence-electron chi connectivity index (χ1n) is 6.90. The number of hydrogen-bond acceptors (Lipinski definition) is 2. The Kier molecular flexibility index (Phi) is 4.45. The summed E-state index contributed by atoms with van der Waals surface area (Å²) >= 11 is 0. The number of carboxylic acids is 1. The average Bonchev–Trinajstić information content (AvgIpc) is 2.38. The zero-order valence-electron chi connectivity index (χ0n) is 11.9. The molecule has 0 spiro atoms. The second-order valence-corrected chi connectivity index (χ2v) is 5.58. The molecule has 0 saturated heterocycles. The van der Waals surface area contributed by atoms with Crippen molar-refractivity contribution in [3.8, 4) is 0 Å². The van der Waals surface area contributed by atoms with E-state index in [1.165, 1.54) is 11.0 Å². The Balaban J connectivity index is 1.96. The third kappa shape index (κ3) is 3.71. The van der Waals surface area contributed by atoms with E-state index in [0.717, 1.165) is 6.42 Å². The number of benzene rings is 1. The van der Waals surface area contributed by atoms with Crippen LogP contribution in [0.2, 0.25) is 0 Å². The highest BCUT2D eigenvalue weighted by atomic mass is 19.1. The molecule has 2 rings (SSSR count). The number of carboxylic acid groups (broad SMARTS) is 1. The maximum absolute atomic E-state index is 13.6. The van der Waals surface area contributed by atoms with Crippen molar-refractivity contribution in [1.29, 1.82) is 0 Å². The van der Waals surface area contributed by atoms with Crippen molar-refractivity contribution in [3.63, 3.8) is 0 Å². The molecule has 1 aromatic rings. The molecule has 2 N–H and O–H groups in total. The van der Waals surface area contributed by atoms with Crippen LogP contribution in [-0.4, -0.2) is 34.6 Å². The fourth-order valence-corrected chi connectivity index (χ4v) is 2.52. The molecule has 1 saturated carbocycles. The summed E-state index contributed by atoms with van der Waals surface area (Å²) in [5.74, 6) is -1.28. The van der Waals surface area contributed by atoms with Gasteiger partial charge in [0.15, 0.2) is 0 Å². The molecule has 0 bridgehead atoms. The zero-order valence-corrected chi connectivity index (χ0v) is 11.9. The van der Waals surface area contributed by atoms with Gasteiger partial charge in [0.05, 0.1) is 12.0 Å². The molecule has 0 aromatic heterocycles. The Labute approximate surface area is 122 Å². The standard InChI is InChI=1S/C15H19FN2O3/c1-18(10-11-5-2-3-6-12(11)16)14(21)17-15(7-4-8-15)9-13(19)20/h2-3,5-6H,4,7-10H2,1H3,(H,17,21)(H,19,20). The van der Waals surface area contributed by atoms with Crippen LogP contribution in [-0.2, 0) is 11.3 Å². The van der Waals surface area contributed by atoms with Gasteiger partial charge in [0.1, 0.15) is 5.82 Å². The smallest absolute Gasteiger partial charge is 0.317 e. The summed E-state index contributed by atoms with van der Waals surface area (Å²) in [5.41, 5.74) is -0.220. The van der Waals surface area contributed by atoms with E-state index >= 15 is 0 Å². The maximum Gasteiger partial charge on any atom is 0.317 e. The summed E-state index contributed by atoms with van der Waals surface area (Å²) in [4.78, 5) is 24.4. The van der Waals surface area contributed by atoms with Gasteiger partial charge in [-0.3, -0.25) is 4.79 Å². The number of amides is 2. The molecule has 1 fully saturated rings. The van der Waals surface area contributed by atoms with Gasteiger partial charge in [-0.25, -0.2) is 9.18 Å². The number of hydrogen-bond donors (Lipinski definition) is 2. The fourth-order valence-electron chi connectivity index (χ4n) is 2.52. The third-order valence-electron chi connectivity index (χ3n) is 3.88. The predicted octanol–water partition coefficient (Wildman–Crippen LogP) is 2.36. The van der Waals surface area contributed by atoms with Gasteiger partial charge < -0.3 is 15.3 Å². The van der Waals surface area contributed by atoms with Crippen LogP contribution in [0.1, 0.15) is 31.2 Å². The first kappa shape index (κ1) is 15.3. The summed E-state index contributed by atoms with van der Waals surface area (Å²) < 4.78 is 13.6. The lowest BCUT2D eigenvalue weighted by Gasteiger charge is -2.42. The van der Waals surface area contributed by atoms with Crippen molar-refractivity contribution >= 4 is 12.0 Å². The lowest BCUT2D eigenvalue weighted by Crippen LogP contribution is -2.57. The Morgan fingerprint density at radius 2 is 2.05 bits per heavy atom. The summed E-state index contributed by atoms with van der Waals surface area (Å²) in [7, 11) is 1.56. The van der Waals surface area contributed by atoms with Crippen LogP contribution in [0.25, 0.3) is 0 Å². The molecule has 5 nitrogen and oxygen atoms in total. The van der Waals surface area contributed by atoms with Gasteiger partial charge in [-0.1, -0.05) is 18.2 Å². The van der Waals surface area contributed by atoms with E-state index in [1.807, 2.05) is 0 Å². The Morgan fingerprint density at radius 1 is 1.38 bits per heavy atom. The quantitative estimate of drug-likeness (QED) is 0.876. The van der Waals surface area contributed by atoms with Crippen LogP contribution in [0.4, 0.5) is 9.18 Å². The molecule has 0 atom stereocenters. The number of halogens is 1. The molecule has 1 aliphatic carbocycles. The van der Waals surface area contributed by atoms with Crippen molar-refractivity contribution in [2.45, 2.75) is 37.8 Å². The van der Waals surface area contributed by atoms with E-state index in [4.69, 9.17) is 5.11 Å². The number of nitrogens with one attached hydrogen (secondary N) is 1. The van der Waals surface area contributed by atoms with Gasteiger partial charge in [-0.05, 0) is 25.3 Å². The van der Waals surface area contributed by atoms with E-state index in [2.05, 4.69) is 5.32 Å². The Hall–Kier alpha value is -2.11. The topological polar surface area (TPSA) is 69.6 Å². The van der Waals surface area contributed by atoms with Crippen LogP contribution in [0.3, 0.4) is 0 Å². The van der Waals surface area contributed by atoms with Crippen LogP contribution < -0.4 is 5.32 Å². The highest BCUT2D eigenvalue weighted by molar-refractivity contribution is 5.77. The predicted molar refractivity (Wildman–Crippen MR) is 75.2 cm³/mol. The average molecular weight is 294 g/mol. The SMILES string of the molecule is CN(Cc1ccccc1F)C(=O)NC1(CC(=O)O)CCC1. The van der Waals surface area contributed by atoms with E-state index in [-0.39, 0.29) is 24.8 Å². The summed E-state index contributed by atoms with van der Waals surface area (Å²) in [6.07, 6.45) is 2.16. The molecule has 6 heteroatoms. The van der Waals surface area contributed by atoms with E-state index in [1.54, 1.807) is 25.2 Å². The number of urea groups is 1. The van der Waals surface area contributed by atoms with Crippen LogP contribution in [0.15, 0.2) is 24.3 Å². The van der Waals surface area contributed by atoms with Crippen molar-refractivity contribution in [3.05, 3.63) is 35.6 Å². The van der Waals surface area contributed by atoms with Gasteiger partial charge in [0, 0.05) is 19.2 Å². The van der Waals surface area contributed by atoms with Crippen molar-refractivity contribution in [2.24, 2.45) is 0 Å².